The van der Waals surface area contributed by atoms with E-state index in [1.165, 1.54) is 0 Å². The van der Waals surface area contributed by atoms with Crippen molar-refractivity contribution in [1.29, 1.82) is 0 Å². The number of ether oxygens (including phenoxy) is 3. The van der Waals surface area contributed by atoms with E-state index in [0.717, 1.165) is 31.3 Å². The largest absolute Gasteiger partial charge is 0.454 e. The lowest BCUT2D eigenvalue weighted by molar-refractivity contribution is -0.209. The Hall–Kier alpha value is -2.30. The lowest BCUT2D eigenvalue weighted by Gasteiger charge is -2.33. The number of carbonyl (C=O) groups excluding carboxylic acids is 1. The predicted octanol–water partition coefficient (Wildman–Crippen LogP) is 3.90. The molecule has 3 atom stereocenters. The van der Waals surface area contributed by atoms with Gasteiger partial charge >= 0.3 is 0 Å². The molecule has 0 radical (unpaired) electrons. The zero-order valence-corrected chi connectivity index (χ0v) is 19.9. The summed E-state index contributed by atoms with van der Waals surface area (Å²) in [5.74, 6) is 0.973. The number of amides is 1. The number of carbonyl (C=O) groups is 1. The molecule has 9 heteroatoms. The topological polar surface area (TPSA) is 115 Å². The number of para-hydroxylation sites is 1. The van der Waals surface area contributed by atoms with E-state index in [9.17, 15) is 9.90 Å². The van der Waals surface area contributed by atoms with Crippen LogP contribution in [0.5, 0.6) is 11.5 Å². The highest BCUT2D eigenvalue weighted by molar-refractivity contribution is 7.97. The van der Waals surface area contributed by atoms with Gasteiger partial charge < -0.3 is 30.0 Å². The van der Waals surface area contributed by atoms with E-state index in [1.807, 2.05) is 30.3 Å². The number of unbranched alkanes of at least 4 members (excludes halogenated alkanes) is 1. The molecule has 33 heavy (non-hydrogen) atoms. The van der Waals surface area contributed by atoms with Crippen molar-refractivity contribution in [2.45, 2.75) is 56.0 Å². The Balaban J connectivity index is 1.79. The number of nitrogens with two attached hydrogens (primary N) is 1. The van der Waals surface area contributed by atoms with Gasteiger partial charge in [0.2, 0.25) is 0 Å². The zero-order valence-electron chi connectivity index (χ0n) is 19.1. The third-order valence-electron chi connectivity index (χ3n) is 5.43. The normalized spacial score (nSPS) is 20.3. The smallest absolute Gasteiger partial charge is 0.251 e. The highest BCUT2D eigenvalue weighted by Gasteiger charge is 2.30. The molecule has 8 nitrogen and oxygen atoms in total. The average Bonchev–Trinajstić information content (AvgIpc) is 2.84. The van der Waals surface area contributed by atoms with E-state index in [1.54, 1.807) is 19.2 Å². The Labute approximate surface area is 199 Å². The summed E-state index contributed by atoms with van der Waals surface area (Å²) in [6.45, 7) is 3.03. The van der Waals surface area contributed by atoms with Gasteiger partial charge in [0, 0.05) is 32.2 Å². The van der Waals surface area contributed by atoms with Crippen molar-refractivity contribution < 1.29 is 24.1 Å². The van der Waals surface area contributed by atoms with Crippen LogP contribution in [0.3, 0.4) is 0 Å². The maximum Gasteiger partial charge on any atom is 0.251 e. The van der Waals surface area contributed by atoms with Crippen molar-refractivity contribution in [3.63, 3.8) is 0 Å². The van der Waals surface area contributed by atoms with Gasteiger partial charge in [-0.15, -0.1) is 0 Å². The molecule has 0 spiro atoms. The van der Waals surface area contributed by atoms with Gasteiger partial charge in [-0.05, 0) is 49.1 Å². The molecular weight excluding hydrogens is 442 g/mol. The zero-order chi connectivity index (χ0) is 23.6. The second kappa shape index (κ2) is 12.8. The van der Waals surface area contributed by atoms with Gasteiger partial charge in [0.15, 0.2) is 12.0 Å². The van der Waals surface area contributed by atoms with Crippen LogP contribution >= 0.6 is 11.9 Å². The molecule has 1 amide bonds. The number of nitrogens with one attached hydrogen (secondary N) is 2. The summed E-state index contributed by atoms with van der Waals surface area (Å²) in [5.41, 5.74) is 1.14. The number of aliphatic hydroxyl groups excluding tert-OH is 1. The molecule has 0 saturated carbocycles. The van der Waals surface area contributed by atoms with Crippen LogP contribution in [0.25, 0.3) is 0 Å². The van der Waals surface area contributed by atoms with Gasteiger partial charge in [0.1, 0.15) is 11.9 Å². The number of hydrogen-bond acceptors (Lipinski definition) is 8. The third-order valence-corrected chi connectivity index (χ3v) is 5.99. The predicted molar refractivity (Wildman–Crippen MR) is 130 cm³/mol. The van der Waals surface area contributed by atoms with E-state index in [-0.39, 0.29) is 18.7 Å². The Morgan fingerprint density at radius 1 is 1.27 bits per heavy atom. The second-order valence-electron chi connectivity index (χ2n) is 7.86. The lowest BCUT2D eigenvalue weighted by atomic mass is 10.0. The molecule has 0 bridgehead atoms. The number of anilines is 1. The third kappa shape index (κ3) is 7.09. The fourth-order valence-corrected chi connectivity index (χ4v) is 4.02. The van der Waals surface area contributed by atoms with Gasteiger partial charge in [-0.25, -0.2) is 0 Å². The van der Waals surface area contributed by atoms with Gasteiger partial charge in [0.25, 0.3) is 5.91 Å². The quantitative estimate of drug-likeness (QED) is 0.286. The number of benzene rings is 2. The minimum absolute atomic E-state index is 0.172. The van der Waals surface area contributed by atoms with E-state index in [0.29, 0.717) is 40.5 Å². The van der Waals surface area contributed by atoms with E-state index >= 15 is 0 Å². The first-order valence-corrected chi connectivity index (χ1v) is 12.1. The van der Waals surface area contributed by atoms with Crippen LogP contribution in [0, 0.1) is 0 Å². The Kier molecular flexibility index (Phi) is 9.83. The molecule has 2 aromatic rings. The molecule has 2 unspecified atom stereocenters. The van der Waals surface area contributed by atoms with E-state index < -0.39 is 12.2 Å². The molecule has 3 rings (SSSR count). The van der Waals surface area contributed by atoms with Crippen molar-refractivity contribution in [2.24, 2.45) is 5.14 Å². The average molecular weight is 476 g/mol. The summed E-state index contributed by atoms with van der Waals surface area (Å²) in [7, 11) is 1.57. The summed E-state index contributed by atoms with van der Waals surface area (Å²) >= 11 is 1.02. The Morgan fingerprint density at radius 3 is 2.76 bits per heavy atom. The first kappa shape index (κ1) is 25.3. The Bertz CT molecular complexity index is 899. The highest BCUT2D eigenvalue weighted by atomic mass is 32.2. The number of hydrogen-bond donors (Lipinski definition) is 4. The van der Waals surface area contributed by atoms with Crippen molar-refractivity contribution >= 4 is 23.5 Å². The van der Waals surface area contributed by atoms with Crippen molar-refractivity contribution in [1.82, 2.24) is 5.32 Å². The van der Waals surface area contributed by atoms with Gasteiger partial charge in [-0.1, -0.05) is 31.5 Å². The molecule has 5 N–H and O–H groups in total. The molecule has 1 fully saturated rings. The van der Waals surface area contributed by atoms with E-state index in [2.05, 4.69) is 17.6 Å². The molecule has 1 saturated heterocycles. The maximum atomic E-state index is 13.0. The molecule has 1 heterocycles. The lowest BCUT2D eigenvalue weighted by Crippen LogP contribution is -2.46. The van der Waals surface area contributed by atoms with Crippen molar-refractivity contribution in [2.75, 3.05) is 25.5 Å². The Morgan fingerprint density at radius 2 is 2.06 bits per heavy atom. The van der Waals surface area contributed by atoms with Crippen LogP contribution in [0.2, 0.25) is 0 Å². The minimum Gasteiger partial charge on any atom is -0.454 e. The monoisotopic (exact) mass is 475 g/mol. The van der Waals surface area contributed by atoms with Crippen LogP contribution in [0.1, 0.15) is 43.0 Å². The fraction of sp³-hybridized carbons (Fsp3) is 0.458. The number of aliphatic hydroxyl groups is 1. The first-order valence-electron chi connectivity index (χ1n) is 11.2. The summed E-state index contributed by atoms with van der Waals surface area (Å²) in [6.07, 6.45) is 1.63. The summed E-state index contributed by atoms with van der Waals surface area (Å²) in [5, 5.41) is 22.4. The summed E-state index contributed by atoms with van der Waals surface area (Å²) in [6, 6.07) is 12.9. The summed E-state index contributed by atoms with van der Waals surface area (Å²) in [4.78, 5) is 13.6. The SMILES string of the molecule is CCCCNc1cc(C(=O)NC[C@H]2OC(OC)CCC2O)cc(SN)c1Oc1ccccc1. The van der Waals surface area contributed by atoms with Gasteiger partial charge in [0.05, 0.1) is 16.7 Å². The molecule has 180 valence electrons. The van der Waals surface area contributed by atoms with Crippen molar-refractivity contribution in [3.05, 3.63) is 48.0 Å². The molecule has 0 aromatic heterocycles. The maximum absolute atomic E-state index is 13.0. The summed E-state index contributed by atoms with van der Waals surface area (Å²) < 4.78 is 17.1. The molecular formula is C24H33N3O5S. The number of methoxy groups -OCH3 is 1. The second-order valence-corrected chi connectivity index (χ2v) is 8.53. The van der Waals surface area contributed by atoms with Crippen LogP contribution in [0.4, 0.5) is 5.69 Å². The number of rotatable bonds is 11. The van der Waals surface area contributed by atoms with Gasteiger partial charge in [-0.2, -0.15) is 0 Å². The minimum atomic E-state index is -0.653. The van der Waals surface area contributed by atoms with Crippen LogP contribution in [0.15, 0.2) is 47.4 Å². The fourth-order valence-electron chi connectivity index (χ4n) is 3.56. The first-order chi connectivity index (χ1) is 16.0. The van der Waals surface area contributed by atoms with Crippen LogP contribution in [-0.4, -0.2) is 49.7 Å². The van der Waals surface area contributed by atoms with Crippen molar-refractivity contribution in [3.8, 4) is 11.5 Å². The van der Waals surface area contributed by atoms with Gasteiger partial charge in [-0.3, -0.25) is 9.93 Å². The standard InChI is InChI=1S/C24H33N3O5S/c1-3-4-12-26-18-13-16(14-21(33-25)23(18)31-17-8-6-5-7-9-17)24(29)27-15-20-19(28)10-11-22(30-2)32-20/h5-9,13-14,19-20,22,26,28H,3-4,10-12,15,25H2,1-2H3,(H,27,29)/t19?,20-,22?/m1/s1. The molecule has 1 aliphatic rings. The highest BCUT2D eigenvalue weighted by Crippen LogP contribution is 2.38. The van der Waals surface area contributed by atoms with E-state index in [4.69, 9.17) is 19.3 Å². The molecule has 0 aliphatic carbocycles. The van der Waals surface area contributed by atoms with Crippen LogP contribution < -0.4 is 20.5 Å². The molecule has 1 aliphatic heterocycles. The molecule has 2 aromatic carbocycles. The van der Waals surface area contributed by atoms with Crippen LogP contribution in [-0.2, 0) is 9.47 Å².